The maximum absolute atomic E-state index is 13.2. The van der Waals surface area contributed by atoms with Crippen LogP contribution in [0.5, 0.6) is 5.75 Å². The zero-order valence-corrected chi connectivity index (χ0v) is 10.8. The molecule has 3 heteroatoms. The van der Waals surface area contributed by atoms with Gasteiger partial charge in [-0.25, -0.2) is 4.39 Å². The highest BCUT2D eigenvalue weighted by Crippen LogP contribution is 2.35. The zero-order chi connectivity index (χ0) is 13.2. The molecule has 1 aliphatic heterocycles. The molecule has 0 aromatic heterocycles. The molecule has 0 amide bonds. The van der Waals surface area contributed by atoms with Crippen molar-refractivity contribution < 1.29 is 9.13 Å². The van der Waals surface area contributed by atoms with Crippen LogP contribution in [0.1, 0.15) is 24.1 Å². The van der Waals surface area contributed by atoms with Gasteiger partial charge in [0.25, 0.3) is 0 Å². The first kappa shape index (κ1) is 12.0. The Morgan fingerprint density at radius 3 is 3.00 bits per heavy atom. The second-order valence-electron chi connectivity index (χ2n) is 4.71. The van der Waals surface area contributed by atoms with Gasteiger partial charge in [-0.2, -0.15) is 0 Å². The molecule has 2 aromatic rings. The SMILES string of the molecule is CCOc1cccc(C2Cc3cc(F)ccc3N2)c1. The molecule has 2 aromatic carbocycles. The van der Waals surface area contributed by atoms with Crippen LogP contribution in [0.4, 0.5) is 10.1 Å². The number of ether oxygens (including phenoxy) is 1. The van der Waals surface area contributed by atoms with E-state index in [0.717, 1.165) is 23.4 Å². The fraction of sp³-hybridized carbons (Fsp3) is 0.250. The van der Waals surface area contributed by atoms with E-state index in [1.807, 2.05) is 25.1 Å². The van der Waals surface area contributed by atoms with E-state index in [-0.39, 0.29) is 11.9 Å². The standard InChI is InChI=1S/C16H16FNO/c1-2-19-14-5-3-4-11(9-14)16-10-12-8-13(17)6-7-15(12)18-16/h3-9,16,18H,2,10H2,1H3. The van der Waals surface area contributed by atoms with Crippen molar-refractivity contribution in [2.24, 2.45) is 0 Å². The van der Waals surface area contributed by atoms with Crippen LogP contribution in [-0.4, -0.2) is 6.61 Å². The summed E-state index contributed by atoms with van der Waals surface area (Å²) < 4.78 is 18.7. The van der Waals surface area contributed by atoms with Crippen molar-refractivity contribution in [1.82, 2.24) is 0 Å². The number of hydrogen-bond donors (Lipinski definition) is 1. The fourth-order valence-corrected chi connectivity index (χ4v) is 2.52. The Balaban J connectivity index is 1.84. The van der Waals surface area contributed by atoms with Crippen molar-refractivity contribution in [3.8, 4) is 5.75 Å². The Hall–Kier alpha value is -2.03. The van der Waals surface area contributed by atoms with Crippen LogP contribution < -0.4 is 10.1 Å². The normalized spacial score (nSPS) is 16.8. The van der Waals surface area contributed by atoms with Gasteiger partial charge in [0.2, 0.25) is 0 Å². The Bertz CT molecular complexity index is 597. The average molecular weight is 257 g/mol. The average Bonchev–Trinajstić information content (AvgIpc) is 2.82. The summed E-state index contributed by atoms with van der Waals surface area (Å²) in [6.45, 7) is 2.63. The van der Waals surface area contributed by atoms with Gasteiger partial charge in [0.15, 0.2) is 0 Å². The third-order valence-electron chi connectivity index (χ3n) is 3.39. The van der Waals surface area contributed by atoms with Crippen LogP contribution in [0.15, 0.2) is 42.5 Å². The lowest BCUT2D eigenvalue weighted by Gasteiger charge is -2.13. The summed E-state index contributed by atoms with van der Waals surface area (Å²) in [6.07, 6.45) is 0.808. The molecule has 0 radical (unpaired) electrons. The number of hydrogen-bond acceptors (Lipinski definition) is 2. The van der Waals surface area contributed by atoms with Gasteiger partial charge in [0, 0.05) is 5.69 Å². The smallest absolute Gasteiger partial charge is 0.123 e. The molecule has 0 bridgehead atoms. The molecule has 0 fully saturated rings. The summed E-state index contributed by atoms with van der Waals surface area (Å²) in [5.74, 6) is 0.702. The van der Waals surface area contributed by atoms with Crippen molar-refractivity contribution in [2.45, 2.75) is 19.4 Å². The predicted molar refractivity (Wildman–Crippen MR) is 74.1 cm³/mol. The molecular weight excluding hydrogens is 241 g/mol. The molecule has 1 heterocycles. The molecule has 1 unspecified atom stereocenters. The van der Waals surface area contributed by atoms with Gasteiger partial charge in [-0.3, -0.25) is 0 Å². The van der Waals surface area contributed by atoms with Crippen molar-refractivity contribution in [3.05, 3.63) is 59.4 Å². The lowest BCUT2D eigenvalue weighted by atomic mass is 10.0. The van der Waals surface area contributed by atoms with Gasteiger partial charge in [-0.15, -0.1) is 0 Å². The Labute approximate surface area is 112 Å². The van der Waals surface area contributed by atoms with Crippen LogP contribution in [0.25, 0.3) is 0 Å². The molecule has 2 nitrogen and oxygen atoms in total. The predicted octanol–water partition coefficient (Wildman–Crippen LogP) is 3.93. The quantitative estimate of drug-likeness (QED) is 0.899. The second-order valence-corrected chi connectivity index (χ2v) is 4.71. The van der Waals surface area contributed by atoms with E-state index in [2.05, 4.69) is 11.4 Å². The molecule has 19 heavy (non-hydrogen) atoms. The largest absolute Gasteiger partial charge is 0.494 e. The summed E-state index contributed by atoms with van der Waals surface area (Å²) in [7, 11) is 0. The molecule has 1 atom stereocenters. The lowest BCUT2D eigenvalue weighted by molar-refractivity contribution is 0.339. The van der Waals surface area contributed by atoms with E-state index < -0.39 is 0 Å². The topological polar surface area (TPSA) is 21.3 Å². The lowest BCUT2D eigenvalue weighted by Crippen LogP contribution is -2.05. The first-order chi connectivity index (χ1) is 9.26. The van der Waals surface area contributed by atoms with Crippen LogP contribution in [0, 0.1) is 5.82 Å². The molecule has 98 valence electrons. The van der Waals surface area contributed by atoms with Crippen LogP contribution in [0.2, 0.25) is 0 Å². The highest BCUT2D eigenvalue weighted by Gasteiger charge is 2.22. The van der Waals surface area contributed by atoms with E-state index >= 15 is 0 Å². The van der Waals surface area contributed by atoms with Gasteiger partial charge in [0.05, 0.1) is 12.6 Å². The highest BCUT2D eigenvalue weighted by molar-refractivity contribution is 5.58. The van der Waals surface area contributed by atoms with Crippen molar-refractivity contribution in [3.63, 3.8) is 0 Å². The van der Waals surface area contributed by atoms with Crippen LogP contribution >= 0.6 is 0 Å². The summed E-state index contributed by atoms with van der Waals surface area (Å²) in [4.78, 5) is 0. The maximum Gasteiger partial charge on any atom is 0.123 e. The molecule has 0 saturated carbocycles. The molecule has 0 saturated heterocycles. The Morgan fingerprint density at radius 1 is 1.26 bits per heavy atom. The van der Waals surface area contributed by atoms with Gasteiger partial charge in [0.1, 0.15) is 11.6 Å². The van der Waals surface area contributed by atoms with E-state index in [9.17, 15) is 4.39 Å². The molecule has 0 spiro atoms. The van der Waals surface area contributed by atoms with Gasteiger partial charge in [-0.05, 0) is 54.8 Å². The van der Waals surface area contributed by atoms with E-state index in [0.29, 0.717) is 6.61 Å². The van der Waals surface area contributed by atoms with E-state index in [1.54, 1.807) is 12.1 Å². The maximum atomic E-state index is 13.2. The van der Waals surface area contributed by atoms with Crippen LogP contribution in [-0.2, 0) is 6.42 Å². The number of halogens is 1. The minimum absolute atomic E-state index is 0.177. The summed E-state index contributed by atoms with van der Waals surface area (Å²) >= 11 is 0. The number of anilines is 1. The van der Waals surface area contributed by atoms with E-state index in [1.165, 1.54) is 11.6 Å². The number of nitrogens with one attached hydrogen (secondary N) is 1. The molecule has 0 aliphatic carbocycles. The summed E-state index contributed by atoms with van der Waals surface area (Å²) in [6, 6.07) is 13.2. The van der Waals surface area contributed by atoms with Crippen molar-refractivity contribution in [1.29, 1.82) is 0 Å². The number of fused-ring (bicyclic) bond motifs is 1. The third kappa shape index (κ3) is 2.41. The molecule has 3 rings (SSSR count). The second kappa shape index (κ2) is 4.92. The Kier molecular flexibility index (Phi) is 3.11. The minimum Gasteiger partial charge on any atom is -0.494 e. The molecule has 1 aliphatic rings. The third-order valence-corrected chi connectivity index (χ3v) is 3.39. The summed E-state index contributed by atoms with van der Waals surface area (Å²) in [5, 5.41) is 3.43. The van der Waals surface area contributed by atoms with Gasteiger partial charge < -0.3 is 10.1 Å². The van der Waals surface area contributed by atoms with Crippen molar-refractivity contribution in [2.75, 3.05) is 11.9 Å². The monoisotopic (exact) mass is 257 g/mol. The van der Waals surface area contributed by atoms with Gasteiger partial charge in [-0.1, -0.05) is 12.1 Å². The van der Waals surface area contributed by atoms with E-state index in [4.69, 9.17) is 4.74 Å². The fourth-order valence-electron chi connectivity index (χ4n) is 2.52. The van der Waals surface area contributed by atoms with Crippen molar-refractivity contribution >= 4 is 5.69 Å². The first-order valence-electron chi connectivity index (χ1n) is 6.54. The minimum atomic E-state index is -0.177. The number of benzene rings is 2. The first-order valence-corrected chi connectivity index (χ1v) is 6.54. The van der Waals surface area contributed by atoms with Gasteiger partial charge >= 0.3 is 0 Å². The number of rotatable bonds is 3. The van der Waals surface area contributed by atoms with Crippen LogP contribution in [0.3, 0.4) is 0 Å². The highest BCUT2D eigenvalue weighted by atomic mass is 19.1. The zero-order valence-electron chi connectivity index (χ0n) is 10.8. The molecular formula is C16H16FNO. The Morgan fingerprint density at radius 2 is 2.16 bits per heavy atom. The summed E-state index contributed by atoms with van der Waals surface area (Å²) in [5.41, 5.74) is 3.22. The molecule has 1 N–H and O–H groups in total.